The van der Waals surface area contributed by atoms with Crippen LogP contribution in [-0.2, 0) is 17.1 Å². The highest BCUT2D eigenvalue weighted by atomic mass is 35.5. The Kier molecular flexibility index (Phi) is 5.59. The molecular weight excluding hydrogens is 426 g/mol. The summed E-state index contributed by atoms with van der Waals surface area (Å²) in [6.45, 7) is 1.46. The lowest BCUT2D eigenvalue weighted by atomic mass is 10.2. The van der Waals surface area contributed by atoms with Gasteiger partial charge in [0, 0.05) is 29.3 Å². The molecule has 28 heavy (non-hydrogen) atoms. The van der Waals surface area contributed by atoms with Crippen LogP contribution >= 0.6 is 23.4 Å². The SMILES string of the molecule is Cc1c(Cl)cc(S(=O)(=O)Nc2ccc(Sc3nncn3C)cc2)cc1[N+](=O)[O-]. The van der Waals surface area contributed by atoms with E-state index in [2.05, 4.69) is 14.9 Å². The number of nitrogens with zero attached hydrogens (tertiary/aromatic N) is 4. The van der Waals surface area contributed by atoms with E-state index in [9.17, 15) is 18.5 Å². The van der Waals surface area contributed by atoms with Gasteiger partial charge < -0.3 is 4.57 Å². The van der Waals surface area contributed by atoms with Crippen molar-refractivity contribution in [1.82, 2.24) is 14.8 Å². The van der Waals surface area contributed by atoms with Crippen molar-refractivity contribution >= 4 is 44.8 Å². The molecule has 0 fully saturated rings. The first-order valence-electron chi connectivity index (χ1n) is 7.76. The summed E-state index contributed by atoms with van der Waals surface area (Å²) in [5, 5.41) is 19.6. The number of nitrogens with one attached hydrogen (secondary N) is 1. The minimum atomic E-state index is -4.05. The Labute approximate surface area is 169 Å². The Morgan fingerprint density at radius 1 is 1.25 bits per heavy atom. The molecule has 1 N–H and O–H groups in total. The Morgan fingerprint density at radius 2 is 1.93 bits per heavy atom. The van der Waals surface area contributed by atoms with Gasteiger partial charge in [0.05, 0.1) is 14.8 Å². The number of hydrogen-bond donors (Lipinski definition) is 1. The first kappa shape index (κ1) is 20.1. The van der Waals surface area contributed by atoms with E-state index in [0.717, 1.165) is 11.0 Å². The summed E-state index contributed by atoms with van der Waals surface area (Å²) in [4.78, 5) is 11.0. The predicted molar refractivity (Wildman–Crippen MR) is 105 cm³/mol. The number of hydrogen-bond acceptors (Lipinski definition) is 7. The van der Waals surface area contributed by atoms with Gasteiger partial charge in [-0.3, -0.25) is 14.8 Å². The summed E-state index contributed by atoms with van der Waals surface area (Å²) in [6.07, 6.45) is 1.58. The second kappa shape index (κ2) is 7.78. The van der Waals surface area contributed by atoms with Crippen LogP contribution in [0.4, 0.5) is 11.4 Å². The summed E-state index contributed by atoms with van der Waals surface area (Å²) in [5.74, 6) is 0. The maximum absolute atomic E-state index is 12.6. The van der Waals surface area contributed by atoms with Crippen LogP contribution < -0.4 is 4.72 Å². The van der Waals surface area contributed by atoms with Crippen LogP contribution in [0, 0.1) is 17.0 Å². The smallest absolute Gasteiger partial charge is 0.275 e. The number of sulfonamides is 1. The monoisotopic (exact) mass is 439 g/mol. The summed E-state index contributed by atoms with van der Waals surface area (Å²) in [7, 11) is -2.23. The summed E-state index contributed by atoms with van der Waals surface area (Å²) in [6, 6.07) is 8.79. The van der Waals surface area contributed by atoms with Crippen molar-refractivity contribution < 1.29 is 13.3 Å². The number of rotatable bonds is 6. The van der Waals surface area contributed by atoms with E-state index in [1.54, 1.807) is 35.2 Å². The molecule has 3 rings (SSSR count). The third kappa shape index (κ3) is 4.26. The van der Waals surface area contributed by atoms with Gasteiger partial charge in [-0.25, -0.2) is 8.42 Å². The lowest BCUT2D eigenvalue weighted by molar-refractivity contribution is -0.385. The molecular formula is C16H14ClN5O4S2. The highest BCUT2D eigenvalue weighted by molar-refractivity contribution is 7.99. The van der Waals surface area contributed by atoms with E-state index >= 15 is 0 Å². The zero-order valence-electron chi connectivity index (χ0n) is 14.7. The molecule has 0 amide bonds. The zero-order chi connectivity index (χ0) is 20.5. The standard InChI is InChI=1S/C16H14ClN5O4S2/c1-10-14(17)7-13(8-15(10)22(23)24)28(25,26)20-11-3-5-12(6-4-11)27-16-19-18-9-21(16)2/h3-9,20H,1-2H3. The quantitative estimate of drug-likeness (QED) is 0.459. The molecule has 12 heteroatoms. The van der Waals surface area contributed by atoms with Gasteiger partial charge in [-0.2, -0.15) is 0 Å². The minimum absolute atomic E-state index is 0.00463. The molecule has 0 aliphatic carbocycles. The molecule has 0 radical (unpaired) electrons. The lowest BCUT2D eigenvalue weighted by Gasteiger charge is -2.10. The number of aryl methyl sites for hydroxylation is 1. The second-order valence-corrected chi connectivity index (χ2v) is 8.89. The first-order chi connectivity index (χ1) is 13.2. The molecule has 0 aliphatic heterocycles. The number of anilines is 1. The molecule has 0 saturated carbocycles. The highest BCUT2D eigenvalue weighted by Gasteiger charge is 2.22. The predicted octanol–water partition coefficient (Wildman–Crippen LogP) is 3.64. The van der Waals surface area contributed by atoms with Crippen LogP contribution in [0.15, 0.2) is 57.7 Å². The summed E-state index contributed by atoms with van der Waals surface area (Å²) in [5.41, 5.74) is 0.153. The van der Waals surface area contributed by atoms with Gasteiger partial charge in [-0.15, -0.1) is 10.2 Å². The Hall–Kier alpha value is -2.63. The maximum atomic E-state index is 12.6. The van der Waals surface area contributed by atoms with E-state index in [1.807, 2.05) is 7.05 Å². The Bertz CT molecular complexity index is 1150. The Balaban J connectivity index is 1.83. The fourth-order valence-electron chi connectivity index (χ4n) is 2.26. The molecule has 0 saturated heterocycles. The van der Waals surface area contributed by atoms with Gasteiger partial charge in [0.1, 0.15) is 6.33 Å². The first-order valence-corrected chi connectivity index (χ1v) is 10.4. The molecule has 0 unspecified atom stereocenters. The zero-order valence-corrected chi connectivity index (χ0v) is 17.0. The summed E-state index contributed by atoms with van der Waals surface area (Å²) < 4.78 is 29.4. The van der Waals surface area contributed by atoms with Gasteiger partial charge in [0.15, 0.2) is 5.16 Å². The summed E-state index contributed by atoms with van der Waals surface area (Å²) >= 11 is 7.33. The number of aromatic nitrogens is 3. The second-order valence-electron chi connectivity index (χ2n) is 5.76. The fraction of sp³-hybridized carbons (Fsp3) is 0.125. The van der Waals surface area contributed by atoms with Crippen LogP contribution in [0.2, 0.25) is 5.02 Å². The van der Waals surface area contributed by atoms with E-state index in [1.165, 1.54) is 24.8 Å². The van der Waals surface area contributed by atoms with Crippen molar-refractivity contribution in [3.05, 3.63) is 63.4 Å². The fourth-order valence-corrected chi connectivity index (χ4v) is 4.41. The molecule has 3 aromatic rings. The number of benzene rings is 2. The van der Waals surface area contributed by atoms with Crippen molar-refractivity contribution in [2.24, 2.45) is 7.05 Å². The van der Waals surface area contributed by atoms with Crippen molar-refractivity contribution in [3.8, 4) is 0 Å². The molecule has 0 spiro atoms. The van der Waals surface area contributed by atoms with Crippen molar-refractivity contribution in [2.45, 2.75) is 21.9 Å². The maximum Gasteiger partial charge on any atom is 0.275 e. The van der Waals surface area contributed by atoms with Gasteiger partial charge in [0.25, 0.3) is 15.7 Å². The van der Waals surface area contributed by atoms with Crippen molar-refractivity contribution in [2.75, 3.05) is 4.72 Å². The largest absolute Gasteiger partial charge is 0.311 e. The Morgan fingerprint density at radius 3 is 2.50 bits per heavy atom. The van der Waals surface area contributed by atoms with E-state index in [-0.39, 0.29) is 21.2 Å². The van der Waals surface area contributed by atoms with E-state index in [4.69, 9.17) is 11.6 Å². The third-order valence-electron chi connectivity index (χ3n) is 3.78. The molecule has 9 nitrogen and oxygen atoms in total. The van der Waals surface area contributed by atoms with Crippen LogP contribution in [0.5, 0.6) is 0 Å². The van der Waals surface area contributed by atoms with Gasteiger partial charge in [-0.1, -0.05) is 11.6 Å². The molecule has 1 aromatic heterocycles. The number of nitro groups is 1. The van der Waals surface area contributed by atoms with Crippen molar-refractivity contribution in [3.63, 3.8) is 0 Å². The van der Waals surface area contributed by atoms with Gasteiger partial charge in [-0.05, 0) is 49.0 Å². The number of nitro benzene ring substituents is 1. The molecule has 0 bridgehead atoms. The van der Waals surface area contributed by atoms with Crippen LogP contribution in [-0.4, -0.2) is 28.1 Å². The van der Waals surface area contributed by atoms with E-state index < -0.39 is 14.9 Å². The average Bonchev–Trinajstić information content (AvgIpc) is 3.03. The number of halogens is 1. The minimum Gasteiger partial charge on any atom is -0.311 e. The lowest BCUT2D eigenvalue weighted by Crippen LogP contribution is -2.13. The third-order valence-corrected chi connectivity index (χ3v) is 6.60. The van der Waals surface area contributed by atoms with Gasteiger partial charge >= 0.3 is 0 Å². The van der Waals surface area contributed by atoms with Crippen molar-refractivity contribution in [1.29, 1.82) is 0 Å². The molecule has 2 aromatic carbocycles. The molecule has 0 aliphatic rings. The molecule has 0 atom stereocenters. The molecule has 1 heterocycles. The topological polar surface area (TPSA) is 120 Å². The average molecular weight is 440 g/mol. The highest BCUT2D eigenvalue weighted by Crippen LogP contribution is 2.31. The van der Waals surface area contributed by atoms with E-state index in [0.29, 0.717) is 10.8 Å². The van der Waals surface area contributed by atoms with Crippen LogP contribution in [0.3, 0.4) is 0 Å². The van der Waals surface area contributed by atoms with Crippen LogP contribution in [0.1, 0.15) is 5.56 Å². The normalized spacial score (nSPS) is 11.4. The van der Waals surface area contributed by atoms with Gasteiger partial charge in [0.2, 0.25) is 0 Å². The molecule has 146 valence electrons. The van der Waals surface area contributed by atoms with Crippen LogP contribution in [0.25, 0.3) is 0 Å².